The van der Waals surface area contributed by atoms with Gasteiger partial charge in [-0.3, -0.25) is 4.79 Å². The normalized spacial score (nSPS) is 13.4. The van der Waals surface area contributed by atoms with Crippen molar-refractivity contribution < 1.29 is 24.2 Å². The Morgan fingerprint density at radius 2 is 1.77 bits per heavy atom. The van der Waals surface area contributed by atoms with E-state index in [0.717, 1.165) is 0 Å². The summed E-state index contributed by atoms with van der Waals surface area (Å²) >= 11 is 0. The monoisotopic (exact) mass is 309 g/mol. The maximum atomic E-state index is 11.9. The van der Waals surface area contributed by atoms with Gasteiger partial charge in [0.15, 0.2) is 6.04 Å². The Kier molecular flexibility index (Phi) is 6.85. The molecule has 0 aliphatic rings. The molecule has 2 N–H and O–H groups in total. The average molecular weight is 309 g/mol. The molecule has 0 bridgehead atoms. The third-order valence-corrected chi connectivity index (χ3v) is 3.14. The van der Waals surface area contributed by atoms with E-state index in [2.05, 4.69) is 10.1 Å². The number of ether oxygens (including phenoxy) is 2. The Morgan fingerprint density at radius 1 is 1.18 bits per heavy atom. The quantitative estimate of drug-likeness (QED) is 0.744. The van der Waals surface area contributed by atoms with Crippen molar-refractivity contribution in [3.63, 3.8) is 0 Å². The van der Waals surface area contributed by atoms with E-state index >= 15 is 0 Å². The molecule has 1 aromatic carbocycles. The maximum absolute atomic E-state index is 11.9. The van der Waals surface area contributed by atoms with Crippen LogP contribution in [0, 0.1) is 5.92 Å². The first-order valence-electron chi connectivity index (χ1n) is 7.08. The fourth-order valence-corrected chi connectivity index (χ4v) is 1.99. The van der Waals surface area contributed by atoms with Gasteiger partial charge in [0.05, 0.1) is 14.2 Å². The van der Waals surface area contributed by atoms with Crippen molar-refractivity contribution in [2.75, 3.05) is 14.2 Å². The topological polar surface area (TPSA) is 84.9 Å². The highest BCUT2D eigenvalue weighted by Crippen LogP contribution is 2.21. The third kappa shape index (κ3) is 5.04. The first-order chi connectivity index (χ1) is 10.4. The summed E-state index contributed by atoms with van der Waals surface area (Å²) in [7, 11) is 2.75. The number of rotatable bonds is 7. The minimum atomic E-state index is -1.20. The lowest BCUT2D eigenvalue weighted by atomic mass is 10.0. The molecule has 22 heavy (non-hydrogen) atoms. The van der Waals surface area contributed by atoms with E-state index < -0.39 is 18.1 Å². The number of methoxy groups -OCH3 is 2. The Hall–Kier alpha value is -2.08. The summed E-state index contributed by atoms with van der Waals surface area (Å²) in [6, 6.07) is 5.46. The summed E-state index contributed by atoms with van der Waals surface area (Å²) in [6.07, 6.45) is -0.933. The lowest BCUT2D eigenvalue weighted by Gasteiger charge is -2.22. The molecule has 0 spiro atoms. The number of hydrogen-bond donors (Lipinski definition) is 2. The van der Waals surface area contributed by atoms with Gasteiger partial charge in [0.2, 0.25) is 5.91 Å². The highest BCUT2D eigenvalue weighted by molar-refractivity contribution is 5.85. The zero-order valence-electron chi connectivity index (χ0n) is 13.3. The predicted molar refractivity (Wildman–Crippen MR) is 81.4 cm³/mol. The van der Waals surface area contributed by atoms with E-state index in [9.17, 15) is 14.7 Å². The summed E-state index contributed by atoms with van der Waals surface area (Å²) in [5.41, 5.74) is 0.487. The molecule has 6 nitrogen and oxygen atoms in total. The van der Waals surface area contributed by atoms with E-state index in [4.69, 9.17) is 4.74 Å². The van der Waals surface area contributed by atoms with Gasteiger partial charge in [0.25, 0.3) is 0 Å². The lowest BCUT2D eigenvalue weighted by Crippen LogP contribution is -2.45. The van der Waals surface area contributed by atoms with Crippen molar-refractivity contribution in [3.05, 3.63) is 29.8 Å². The van der Waals surface area contributed by atoms with Crippen LogP contribution in [0.1, 0.15) is 31.9 Å². The molecule has 2 unspecified atom stereocenters. The smallest absolute Gasteiger partial charge is 0.331 e. The van der Waals surface area contributed by atoms with Crippen molar-refractivity contribution >= 4 is 11.9 Å². The number of benzene rings is 1. The summed E-state index contributed by atoms with van der Waals surface area (Å²) in [5.74, 6) is -0.218. The van der Waals surface area contributed by atoms with Gasteiger partial charge in [-0.15, -0.1) is 0 Å². The number of amides is 1. The largest absolute Gasteiger partial charge is 0.497 e. The van der Waals surface area contributed by atoms with E-state index in [1.807, 2.05) is 13.8 Å². The molecule has 0 aliphatic heterocycles. The van der Waals surface area contributed by atoms with Gasteiger partial charge < -0.3 is 19.9 Å². The van der Waals surface area contributed by atoms with E-state index in [-0.39, 0.29) is 18.2 Å². The molecular weight excluding hydrogens is 286 g/mol. The molecule has 1 aromatic rings. The summed E-state index contributed by atoms with van der Waals surface area (Å²) in [4.78, 5) is 23.7. The number of esters is 1. The van der Waals surface area contributed by atoms with Crippen molar-refractivity contribution in [1.82, 2.24) is 5.32 Å². The van der Waals surface area contributed by atoms with Crippen LogP contribution in [-0.4, -0.2) is 37.2 Å². The molecule has 0 radical (unpaired) electrons. The van der Waals surface area contributed by atoms with E-state index in [0.29, 0.717) is 11.3 Å². The highest BCUT2D eigenvalue weighted by atomic mass is 16.5. The molecule has 0 saturated heterocycles. The Balaban J connectivity index is 2.89. The zero-order valence-corrected chi connectivity index (χ0v) is 13.3. The summed E-state index contributed by atoms with van der Waals surface area (Å²) in [6.45, 7) is 3.79. The van der Waals surface area contributed by atoms with Crippen LogP contribution in [0.3, 0.4) is 0 Å². The van der Waals surface area contributed by atoms with Crippen LogP contribution in [-0.2, 0) is 14.3 Å². The molecular formula is C16H23NO5. The van der Waals surface area contributed by atoms with Gasteiger partial charge >= 0.3 is 5.97 Å². The zero-order chi connectivity index (χ0) is 16.7. The second kappa shape index (κ2) is 8.38. The van der Waals surface area contributed by atoms with Gasteiger partial charge in [-0.2, -0.15) is 0 Å². The molecule has 0 heterocycles. The van der Waals surface area contributed by atoms with Crippen molar-refractivity contribution in [1.29, 1.82) is 0 Å². The van der Waals surface area contributed by atoms with Gasteiger partial charge in [0.1, 0.15) is 11.9 Å². The molecule has 0 fully saturated rings. The number of aliphatic hydroxyl groups is 1. The number of aliphatic hydroxyl groups excluding tert-OH is 1. The molecule has 122 valence electrons. The van der Waals surface area contributed by atoms with Crippen LogP contribution >= 0.6 is 0 Å². The van der Waals surface area contributed by atoms with E-state index in [1.54, 1.807) is 24.3 Å². The third-order valence-electron chi connectivity index (χ3n) is 3.14. The molecule has 2 atom stereocenters. The molecule has 6 heteroatoms. The van der Waals surface area contributed by atoms with Gasteiger partial charge in [0, 0.05) is 6.42 Å². The van der Waals surface area contributed by atoms with Gasteiger partial charge in [-0.1, -0.05) is 26.0 Å². The Bertz CT molecular complexity index is 498. The van der Waals surface area contributed by atoms with Crippen molar-refractivity contribution in [2.45, 2.75) is 32.4 Å². The van der Waals surface area contributed by atoms with Crippen LogP contribution < -0.4 is 10.1 Å². The van der Waals surface area contributed by atoms with Crippen LogP contribution in [0.4, 0.5) is 0 Å². The fourth-order valence-electron chi connectivity index (χ4n) is 1.99. The number of nitrogens with one attached hydrogen (secondary N) is 1. The number of carbonyl (C=O) groups excluding carboxylic acids is 2. The maximum Gasteiger partial charge on any atom is 0.331 e. The standard InChI is InChI=1S/C16H23NO5/c1-10(2)9-13(18)17-14(16(20)22-4)15(19)11-5-7-12(21-3)8-6-11/h5-8,10,14-15,19H,9H2,1-4H3,(H,17,18). The van der Waals surface area contributed by atoms with Crippen molar-refractivity contribution in [2.24, 2.45) is 5.92 Å². The van der Waals surface area contributed by atoms with Crippen LogP contribution in [0.15, 0.2) is 24.3 Å². The molecule has 1 amide bonds. The summed E-state index contributed by atoms with van der Waals surface area (Å²) in [5, 5.41) is 12.9. The summed E-state index contributed by atoms with van der Waals surface area (Å²) < 4.78 is 9.71. The van der Waals surface area contributed by atoms with Gasteiger partial charge in [-0.05, 0) is 23.6 Å². The fraction of sp³-hybridized carbons (Fsp3) is 0.500. The van der Waals surface area contributed by atoms with E-state index in [1.165, 1.54) is 14.2 Å². The molecule has 0 aliphatic carbocycles. The average Bonchev–Trinajstić information content (AvgIpc) is 2.50. The minimum Gasteiger partial charge on any atom is -0.497 e. The lowest BCUT2D eigenvalue weighted by molar-refractivity contribution is -0.148. The van der Waals surface area contributed by atoms with Crippen LogP contribution in [0.5, 0.6) is 5.75 Å². The number of hydrogen-bond acceptors (Lipinski definition) is 5. The molecule has 1 rings (SSSR count). The number of carbonyl (C=O) groups is 2. The van der Waals surface area contributed by atoms with Crippen molar-refractivity contribution in [3.8, 4) is 5.75 Å². The minimum absolute atomic E-state index is 0.149. The Labute approximate surface area is 130 Å². The molecule has 0 aromatic heterocycles. The van der Waals surface area contributed by atoms with Crippen LogP contribution in [0.2, 0.25) is 0 Å². The second-order valence-corrected chi connectivity index (χ2v) is 5.38. The predicted octanol–water partition coefficient (Wildman–Crippen LogP) is 1.43. The Morgan fingerprint density at radius 3 is 2.23 bits per heavy atom. The second-order valence-electron chi connectivity index (χ2n) is 5.38. The van der Waals surface area contributed by atoms with Crippen LogP contribution in [0.25, 0.3) is 0 Å². The highest BCUT2D eigenvalue weighted by Gasteiger charge is 2.30. The first kappa shape index (κ1) is 18.0. The molecule has 0 saturated carbocycles. The first-order valence-corrected chi connectivity index (χ1v) is 7.08. The SMILES string of the molecule is COC(=O)C(NC(=O)CC(C)C)C(O)c1ccc(OC)cc1. The van der Waals surface area contributed by atoms with Gasteiger partial charge in [-0.25, -0.2) is 4.79 Å².